The molecular formula is C26H31N3O2. The summed E-state index contributed by atoms with van der Waals surface area (Å²) in [4.78, 5) is 19.1. The Bertz CT molecular complexity index is 1100. The largest absolute Gasteiger partial charge is 0.396 e. The van der Waals surface area contributed by atoms with Gasteiger partial charge in [0.15, 0.2) is 0 Å². The summed E-state index contributed by atoms with van der Waals surface area (Å²) in [6.45, 7) is 5.47. The molecule has 1 aromatic heterocycles. The summed E-state index contributed by atoms with van der Waals surface area (Å²) in [6.07, 6.45) is 3.25. The first-order valence-corrected chi connectivity index (χ1v) is 11.3. The van der Waals surface area contributed by atoms with E-state index in [2.05, 4.69) is 37.4 Å². The zero-order chi connectivity index (χ0) is 21.8. The van der Waals surface area contributed by atoms with Gasteiger partial charge < -0.3 is 10.4 Å². The van der Waals surface area contributed by atoms with E-state index in [0.717, 1.165) is 41.6 Å². The molecule has 5 heteroatoms. The van der Waals surface area contributed by atoms with Crippen LogP contribution >= 0.6 is 0 Å². The van der Waals surface area contributed by atoms with Gasteiger partial charge in [0.05, 0.1) is 17.8 Å². The lowest BCUT2D eigenvalue weighted by atomic mass is 9.66. The van der Waals surface area contributed by atoms with Gasteiger partial charge in [0.1, 0.15) is 0 Å². The van der Waals surface area contributed by atoms with Crippen molar-refractivity contribution in [3.8, 4) is 11.3 Å². The Hall–Kier alpha value is -2.92. The first kappa shape index (κ1) is 21.3. The molecule has 2 N–H and O–H groups in total. The molecule has 0 radical (unpaired) electrons. The van der Waals surface area contributed by atoms with Crippen LogP contribution in [-0.2, 0) is 18.4 Å². The Labute approximate surface area is 183 Å². The fourth-order valence-corrected chi connectivity index (χ4v) is 4.77. The number of hydrogen-bond acceptors (Lipinski definition) is 4. The molecule has 2 aromatic carbocycles. The van der Waals surface area contributed by atoms with Gasteiger partial charge in [-0.25, -0.2) is 4.98 Å². The van der Waals surface area contributed by atoms with Crippen molar-refractivity contribution < 1.29 is 5.11 Å². The zero-order valence-corrected chi connectivity index (χ0v) is 18.4. The third-order valence-electron chi connectivity index (χ3n) is 6.66. The van der Waals surface area contributed by atoms with E-state index < -0.39 is 0 Å². The van der Waals surface area contributed by atoms with Crippen molar-refractivity contribution in [3.63, 3.8) is 0 Å². The van der Waals surface area contributed by atoms with E-state index >= 15 is 0 Å². The predicted octanol–water partition coefficient (Wildman–Crippen LogP) is 4.37. The Morgan fingerprint density at radius 1 is 1.06 bits per heavy atom. The van der Waals surface area contributed by atoms with Gasteiger partial charge in [0, 0.05) is 24.1 Å². The van der Waals surface area contributed by atoms with E-state index in [0.29, 0.717) is 25.5 Å². The summed E-state index contributed by atoms with van der Waals surface area (Å²) in [7, 11) is 0. The van der Waals surface area contributed by atoms with Crippen molar-refractivity contribution in [1.29, 1.82) is 0 Å². The van der Waals surface area contributed by atoms with Crippen LogP contribution < -0.4 is 10.9 Å². The molecule has 0 spiro atoms. The third-order valence-corrected chi connectivity index (χ3v) is 6.66. The van der Waals surface area contributed by atoms with E-state index in [-0.39, 0.29) is 17.6 Å². The number of hydrogen-bond donors (Lipinski definition) is 2. The first-order chi connectivity index (χ1) is 15.1. The molecule has 1 aliphatic rings. The molecular weight excluding hydrogens is 386 g/mol. The predicted molar refractivity (Wildman–Crippen MR) is 126 cm³/mol. The SMILES string of the molecule is CCC1(CC)Cc2ccccc2-c2nc(NCCCO)n(Cc3ccccc3)c(=O)c21. The Morgan fingerprint density at radius 3 is 2.48 bits per heavy atom. The van der Waals surface area contributed by atoms with Crippen molar-refractivity contribution in [2.24, 2.45) is 0 Å². The third kappa shape index (κ3) is 3.90. The summed E-state index contributed by atoms with van der Waals surface area (Å²) in [5.41, 5.74) is 4.86. The van der Waals surface area contributed by atoms with Crippen LogP contribution in [0.15, 0.2) is 59.4 Å². The topological polar surface area (TPSA) is 67.2 Å². The van der Waals surface area contributed by atoms with Gasteiger partial charge in [0.25, 0.3) is 5.56 Å². The Morgan fingerprint density at radius 2 is 1.77 bits per heavy atom. The monoisotopic (exact) mass is 417 g/mol. The highest BCUT2D eigenvalue weighted by atomic mass is 16.3. The second kappa shape index (κ2) is 9.06. The number of anilines is 1. The van der Waals surface area contributed by atoms with Crippen LogP contribution in [0.1, 0.15) is 49.8 Å². The van der Waals surface area contributed by atoms with Gasteiger partial charge in [-0.05, 0) is 36.8 Å². The highest BCUT2D eigenvalue weighted by Crippen LogP contribution is 2.44. The van der Waals surface area contributed by atoms with Crippen LogP contribution in [-0.4, -0.2) is 27.8 Å². The first-order valence-electron chi connectivity index (χ1n) is 11.3. The lowest BCUT2D eigenvalue weighted by Gasteiger charge is -2.38. The van der Waals surface area contributed by atoms with E-state index in [4.69, 9.17) is 4.98 Å². The molecule has 4 rings (SSSR count). The summed E-state index contributed by atoms with van der Waals surface area (Å²) in [5, 5.41) is 12.5. The maximum atomic E-state index is 14.0. The molecule has 1 aliphatic carbocycles. The fraction of sp³-hybridized carbons (Fsp3) is 0.385. The number of aromatic nitrogens is 2. The van der Waals surface area contributed by atoms with Crippen LogP contribution in [0.2, 0.25) is 0 Å². The highest BCUT2D eigenvalue weighted by molar-refractivity contribution is 5.72. The molecule has 0 atom stereocenters. The molecule has 162 valence electrons. The van der Waals surface area contributed by atoms with Crippen LogP contribution in [0, 0.1) is 0 Å². The van der Waals surface area contributed by atoms with E-state index in [1.54, 1.807) is 4.57 Å². The second-order valence-electron chi connectivity index (χ2n) is 8.36. The van der Waals surface area contributed by atoms with Crippen molar-refractivity contribution in [3.05, 3.63) is 81.6 Å². The Balaban J connectivity index is 1.95. The van der Waals surface area contributed by atoms with Crippen LogP contribution in [0.5, 0.6) is 0 Å². The lowest BCUT2D eigenvalue weighted by molar-refractivity contribution is 0.292. The minimum atomic E-state index is -0.212. The van der Waals surface area contributed by atoms with Crippen molar-refractivity contribution in [1.82, 2.24) is 9.55 Å². The summed E-state index contributed by atoms with van der Waals surface area (Å²) < 4.78 is 1.78. The molecule has 5 nitrogen and oxygen atoms in total. The highest BCUT2D eigenvalue weighted by Gasteiger charge is 2.40. The van der Waals surface area contributed by atoms with Gasteiger partial charge in [-0.15, -0.1) is 0 Å². The maximum Gasteiger partial charge on any atom is 0.259 e. The Kier molecular flexibility index (Phi) is 6.23. The molecule has 0 bridgehead atoms. The van der Waals surface area contributed by atoms with E-state index in [9.17, 15) is 9.90 Å². The summed E-state index contributed by atoms with van der Waals surface area (Å²) >= 11 is 0. The van der Waals surface area contributed by atoms with Crippen molar-refractivity contribution >= 4 is 5.95 Å². The molecule has 0 fully saturated rings. The normalized spacial score (nSPS) is 14.0. The molecule has 0 amide bonds. The van der Waals surface area contributed by atoms with E-state index in [1.165, 1.54) is 5.56 Å². The lowest BCUT2D eigenvalue weighted by Crippen LogP contribution is -2.41. The molecule has 0 unspecified atom stereocenters. The second-order valence-corrected chi connectivity index (χ2v) is 8.36. The molecule has 3 aromatic rings. The molecule has 0 saturated heterocycles. The van der Waals surface area contributed by atoms with Gasteiger partial charge >= 0.3 is 0 Å². The molecule has 0 aliphatic heterocycles. The number of fused-ring (bicyclic) bond motifs is 3. The molecule has 1 heterocycles. The van der Waals surface area contributed by atoms with Gasteiger partial charge in [0.2, 0.25) is 5.95 Å². The van der Waals surface area contributed by atoms with Gasteiger partial charge in [-0.2, -0.15) is 0 Å². The van der Waals surface area contributed by atoms with Gasteiger partial charge in [-0.1, -0.05) is 68.4 Å². The smallest absolute Gasteiger partial charge is 0.259 e. The standard InChI is InChI=1S/C26H31N3O2/c1-3-26(4-2)17-20-13-8-9-14-21(20)23-22(26)24(31)29(18-19-11-6-5-7-12-19)25(28-23)27-15-10-16-30/h5-9,11-14,30H,3-4,10,15-18H2,1-2H3,(H,27,28). The average Bonchev–Trinajstić information content (AvgIpc) is 2.81. The van der Waals surface area contributed by atoms with Gasteiger partial charge in [-0.3, -0.25) is 9.36 Å². The number of aliphatic hydroxyl groups is 1. The van der Waals surface area contributed by atoms with Crippen LogP contribution in [0.3, 0.4) is 0 Å². The average molecular weight is 418 g/mol. The van der Waals surface area contributed by atoms with Crippen molar-refractivity contribution in [2.75, 3.05) is 18.5 Å². The zero-order valence-electron chi connectivity index (χ0n) is 18.4. The minimum absolute atomic E-state index is 0.0403. The number of nitrogens with zero attached hydrogens (tertiary/aromatic N) is 2. The number of rotatable bonds is 8. The summed E-state index contributed by atoms with van der Waals surface area (Å²) in [6, 6.07) is 18.3. The maximum absolute atomic E-state index is 14.0. The van der Waals surface area contributed by atoms with Crippen LogP contribution in [0.25, 0.3) is 11.3 Å². The summed E-state index contributed by atoms with van der Waals surface area (Å²) in [5.74, 6) is 0.568. The minimum Gasteiger partial charge on any atom is -0.396 e. The molecule has 0 saturated carbocycles. The van der Waals surface area contributed by atoms with E-state index in [1.807, 2.05) is 36.4 Å². The fourth-order valence-electron chi connectivity index (χ4n) is 4.77. The number of benzene rings is 2. The quantitative estimate of drug-likeness (QED) is 0.534. The molecule has 31 heavy (non-hydrogen) atoms. The van der Waals surface area contributed by atoms with Crippen LogP contribution in [0.4, 0.5) is 5.95 Å². The number of nitrogens with one attached hydrogen (secondary N) is 1. The van der Waals surface area contributed by atoms with Crippen molar-refractivity contribution in [2.45, 2.75) is 51.5 Å². The number of aliphatic hydroxyl groups excluding tert-OH is 1.